The molecule has 2 N–H and O–H groups in total. The molecule has 1 amide bonds. The van der Waals surface area contributed by atoms with Gasteiger partial charge in [0.25, 0.3) is 0 Å². The fourth-order valence-corrected chi connectivity index (χ4v) is 2.86. The fourth-order valence-electron chi connectivity index (χ4n) is 2.24. The molecular weight excluding hydrogens is 222 g/mol. The van der Waals surface area contributed by atoms with Gasteiger partial charge in [0.2, 0.25) is 5.91 Å². The largest absolute Gasteiger partial charge is 0.396 e. The van der Waals surface area contributed by atoms with Gasteiger partial charge in [-0.1, -0.05) is 20.3 Å². The minimum absolute atomic E-state index is 0.104. The van der Waals surface area contributed by atoms with Gasteiger partial charge in [-0.2, -0.15) is 11.8 Å². The normalized spacial score (nSPS) is 29.3. The lowest BCUT2D eigenvalue weighted by Crippen LogP contribution is -2.44. The maximum Gasteiger partial charge on any atom is 0.221 e. The summed E-state index contributed by atoms with van der Waals surface area (Å²) in [4.78, 5) is 11.7. The van der Waals surface area contributed by atoms with Crippen LogP contribution in [0.1, 0.15) is 39.5 Å². The molecule has 3 nitrogen and oxygen atoms in total. The molecule has 0 aromatic rings. The SMILES string of the molecule is CCSCCC(=O)NC1CCCC1(C)CO. The van der Waals surface area contributed by atoms with Crippen LogP contribution >= 0.6 is 11.8 Å². The van der Waals surface area contributed by atoms with Crippen molar-refractivity contribution in [2.75, 3.05) is 18.1 Å². The van der Waals surface area contributed by atoms with Crippen molar-refractivity contribution in [1.82, 2.24) is 5.32 Å². The summed E-state index contributed by atoms with van der Waals surface area (Å²) >= 11 is 1.79. The van der Waals surface area contributed by atoms with Crippen molar-refractivity contribution in [1.29, 1.82) is 0 Å². The van der Waals surface area contributed by atoms with Gasteiger partial charge >= 0.3 is 0 Å². The number of hydrogen-bond acceptors (Lipinski definition) is 3. The Hall–Kier alpha value is -0.220. The van der Waals surface area contributed by atoms with Gasteiger partial charge in [-0.15, -0.1) is 0 Å². The molecule has 0 aliphatic heterocycles. The second-order valence-corrected chi connectivity index (χ2v) is 6.17. The standard InChI is InChI=1S/C12H23NO2S/c1-3-16-8-6-11(15)13-10-5-4-7-12(10,2)9-14/h10,14H,3-9H2,1-2H3,(H,13,15). The van der Waals surface area contributed by atoms with E-state index in [1.54, 1.807) is 11.8 Å². The highest BCUT2D eigenvalue weighted by Crippen LogP contribution is 2.37. The van der Waals surface area contributed by atoms with Crippen LogP contribution in [-0.2, 0) is 4.79 Å². The first-order chi connectivity index (χ1) is 7.62. The number of rotatable bonds is 6. The number of aliphatic hydroxyl groups is 1. The number of carbonyl (C=O) groups excluding carboxylic acids is 1. The van der Waals surface area contributed by atoms with Gasteiger partial charge in [0.15, 0.2) is 0 Å². The van der Waals surface area contributed by atoms with E-state index in [1.807, 2.05) is 0 Å². The van der Waals surface area contributed by atoms with E-state index in [2.05, 4.69) is 19.2 Å². The van der Waals surface area contributed by atoms with Crippen molar-refractivity contribution in [2.45, 2.75) is 45.6 Å². The molecule has 0 bridgehead atoms. The lowest BCUT2D eigenvalue weighted by molar-refractivity contribution is -0.122. The predicted octanol–water partition coefficient (Wildman–Crippen LogP) is 1.80. The smallest absolute Gasteiger partial charge is 0.221 e. The summed E-state index contributed by atoms with van der Waals surface area (Å²) in [5, 5.41) is 12.4. The highest BCUT2D eigenvalue weighted by Gasteiger charge is 2.38. The molecule has 0 spiro atoms. The van der Waals surface area contributed by atoms with Crippen LogP contribution in [0.5, 0.6) is 0 Å². The van der Waals surface area contributed by atoms with Crippen LogP contribution in [0, 0.1) is 5.41 Å². The van der Waals surface area contributed by atoms with Crippen LogP contribution in [0.3, 0.4) is 0 Å². The Morgan fingerprint density at radius 3 is 3.00 bits per heavy atom. The predicted molar refractivity (Wildman–Crippen MR) is 68.6 cm³/mol. The van der Waals surface area contributed by atoms with Gasteiger partial charge in [0.05, 0.1) is 6.61 Å². The van der Waals surface area contributed by atoms with E-state index < -0.39 is 0 Å². The third kappa shape index (κ3) is 3.67. The molecule has 0 aromatic carbocycles. The van der Waals surface area contributed by atoms with Crippen molar-refractivity contribution in [3.05, 3.63) is 0 Å². The van der Waals surface area contributed by atoms with E-state index in [4.69, 9.17) is 0 Å². The van der Waals surface area contributed by atoms with Gasteiger partial charge in [0.1, 0.15) is 0 Å². The Morgan fingerprint density at radius 2 is 2.38 bits per heavy atom. The highest BCUT2D eigenvalue weighted by molar-refractivity contribution is 7.99. The maximum atomic E-state index is 11.7. The molecular formula is C12H23NO2S. The molecule has 2 atom stereocenters. The third-order valence-electron chi connectivity index (χ3n) is 3.46. The summed E-state index contributed by atoms with van der Waals surface area (Å²) in [6, 6.07) is 0.164. The Kier molecular flexibility index (Phi) is 5.62. The Bertz CT molecular complexity index is 235. The Morgan fingerprint density at radius 1 is 1.62 bits per heavy atom. The summed E-state index contributed by atoms with van der Waals surface area (Å²) in [6.07, 6.45) is 3.71. The van der Waals surface area contributed by atoms with E-state index >= 15 is 0 Å². The molecule has 4 heteroatoms. The lowest BCUT2D eigenvalue weighted by atomic mass is 9.86. The van der Waals surface area contributed by atoms with E-state index in [9.17, 15) is 9.90 Å². The van der Waals surface area contributed by atoms with Crippen LogP contribution < -0.4 is 5.32 Å². The number of aliphatic hydroxyl groups excluding tert-OH is 1. The summed E-state index contributed by atoms with van der Waals surface area (Å²) < 4.78 is 0. The topological polar surface area (TPSA) is 49.3 Å². The van der Waals surface area contributed by atoms with Gasteiger partial charge in [-0.3, -0.25) is 4.79 Å². The van der Waals surface area contributed by atoms with E-state index in [1.165, 1.54) is 0 Å². The molecule has 1 rings (SSSR count). The molecule has 0 radical (unpaired) electrons. The van der Waals surface area contributed by atoms with Crippen molar-refractivity contribution in [3.63, 3.8) is 0 Å². The van der Waals surface area contributed by atoms with Crippen molar-refractivity contribution in [3.8, 4) is 0 Å². The third-order valence-corrected chi connectivity index (χ3v) is 4.36. The minimum atomic E-state index is -0.104. The van der Waals surface area contributed by atoms with E-state index in [0.29, 0.717) is 6.42 Å². The minimum Gasteiger partial charge on any atom is -0.396 e. The Balaban J connectivity index is 2.33. The van der Waals surface area contributed by atoms with Crippen LogP contribution in [0.15, 0.2) is 0 Å². The number of thioether (sulfide) groups is 1. The number of carbonyl (C=O) groups is 1. The highest BCUT2D eigenvalue weighted by atomic mass is 32.2. The molecule has 1 fully saturated rings. The molecule has 2 unspecified atom stereocenters. The van der Waals surface area contributed by atoms with Crippen molar-refractivity contribution >= 4 is 17.7 Å². The second-order valence-electron chi connectivity index (χ2n) is 4.77. The van der Waals surface area contributed by atoms with Crippen LogP contribution in [0.4, 0.5) is 0 Å². The average molecular weight is 245 g/mol. The van der Waals surface area contributed by atoms with Crippen LogP contribution in [0.25, 0.3) is 0 Å². The molecule has 0 aromatic heterocycles. The van der Waals surface area contributed by atoms with E-state index in [0.717, 1.165) is 30.8 Å². The number of nitrogens with one attached hydrogen (secondary N) is 1. The summed E-state index contributed by atoms with van der Waals surface area (Å²) in [5.41, 5.74) is -0.104. The summed E-state index contributed by atoms with van der Waals surface area (Å²) in [5.74, 6) is 2.09. The van der Waals surface area contributed by atoms with Gasteiger partial charge < -0.3 is 10.4 Å². The average Bonchev–Trinajstić information content (AvgIpc) is 2.62. The molecule has 16 heavy (non-hydrogen) atoms. The first-order valence-corrected chi connectivity index (χ1v) is 7.26. The second kappa shape index (κ2) is 6.50. The Labute approximate surface area is 102 Å². The number of amides is 1. The van der Waals surface area contributed by atoms with Crippen molar-refractivity contribution in [2.24, 2.45) is 5.41 Å². The number of hydrogen-bond donors (Lipinski definition) is 2. The van der Waals surface area contributed by atoms with Crippen molar-refractivity contribution < 1.29 is 9.90 Å². The molecule has 1 saturated carbocycles. The summed E-state index contributed by atoms with van der Waals surface area (Å²) in [6.45, 7) is 4.33. The quantitative estimate of drug-likeness (QED) is 0.702. The fraction of sp³-hybridized carbons (Fsp3) is 0.917. The van der Waals surface area contributed by atoms with Gasteiger partial charge in [-0.25, -0.2) is 0 Å². The molecule has 1 aliphatic carbocycles. The zero-order chi connectivity index (χ0) is 12.0. The zero-order valence-corrected chi connectivity index (χ0v) is 11.1. The lowest BCUT2D eigenvalue weighted by Gasteiger charge is -2.30. The molecule has 0 heterocycles. The van der Waals surface area contributed by atoms with Gasteiger partial charge in [-0.05, 0) is 18.6 Å². The monoisotopic (exact) mass is 245 g/mol. The van der Waals surface area contributed by atoms with Crippen LogP contribution in [-0.4, -0.2) is 35.2 Å². The zero-order valence-electron chi connectivity index (χ0n) is 10.3. The molecule has 94 valence electrons. The maximum absolute atomic E-state index is 11.7. The van der Waals surface area contributed by atoms with Crippen LogP contribution in [0.2, 0.25) is 0 Å². The first kappa shape index (κ1) is 13.8. The molecule has 1 aliphatic rings. The van der Waals surface area contributed by atoms with Gasteiger partial charge in [0, 0.05) is 23.6 Å². The first-order valence-electron chi connectivity index (χ1n) is 6.10. The van der Waals surface area contributed by atoms with E-state index in [-0.39, 0.29) is 24.0 Å². The molecule has 0 saturated heterocycles. The summed E-state index contributed by atoms with van der Waals surface area (Å²) in [7, 11) is 0.